The molecule has 2 amide bonds. The fourth-order valence-corrected chi connectivity index (χ4v) is 2.18. The van der Waals surface area contributed by atoms with Gasteiger partial charge in [0.05, 0.1) is 0 Å². The molecule has 0 saturated heterocycles. The van der Waals surface area contributed by atoms with Crippen LogP contribution >= 0.6 is 11.8 Å². The normalized spacial score (nSPS) is 11.7. The highest BCUT2D eigenvalue weighted by molar-refractivity contribution is 7.98. The number of hydrogen-bond acceptors (Lipinski definition) is 3. The summed E-state index contributed by atoms with van der Waals surface area (Å²) in [5.74, 6) is -0.320. The Morgan fingerprint density at radius 3 is 2.75 bits per heavy atom. The van der Waals surface area contributed by atoms with Gasteiger partial charge in [-0.15, -0.1) is 0 Å². The quantitative estimate of drug-likeness (QED) is 0.719. The van der Waals surface area contributed by atoms with Crippen LogP contribution in [0.25, 0.3) is 0 Å². The Morgan fingerprint density at radius 2 is 2.15 bits per heavy atom. The summed E-state index contributed by atoms with van der Waals surface area (Å²) in [5.41, 5.74) is 2.10. The smallest absolute Gasteiger partial charge is 0.326 e. The van der Waals surface area contributed by atoms with Gasteiger partial charge in [0.1, 0.15) is 6.04 Å². The topological polar surface area (TPSA) is 78.4 Å². The number of carbonyl (C=O) groups is 2. The molecule has 0 aliphatic rings. The monoisotopic (exact) mass is 296 g/mol. The first-order valence-electron chi connectivity index (χ1n) is 6.34. The van der Waals surface area contributed by atoms with E-state index in [4.69, 9.17) is 5.11 Å². The first kappa shape index (κ1) is 16.4. The number of carboxylic acid groups (broad SMARTS) is 1. The highest BCUT2D eigenvalue weighted by Gasteiger charge is 2.18. The van der Waals surface area contributed by atoms with Gasteiger partial charge in [0, 0.05) is 6.54 Å². The molecule has 0 saturated carbocycles. The van der Waals surface area contributed by atoms with Gasteiger partial charge in [0.2, 0.25) is 0 Å². The van der Waals surface area contributed by atoms with Gasteiger partial charge in [-0.05, 0) is 30.9 Å². The fraction of sp³-hybridized carbons (Fsp3) is 0.429. The minimum atomic E-state index is -1.01. The van der Waals surface area contributed by atoms with Crippen LogP contribution in [0.2, 0.25) is 0 Å². The number of aliphatic carboxylic acids is 1. The van der Waals surface area contributed by atoms with E-state index in [1.807, 2.05) is 37.4 Å². The number of carbonyl (C=O) groups excluding carboxylic acids is 1. The third kappa shape index (κ3) is 5.97. The molecule has 1 aromatic rings. The molecule has 1 aromatic carbocycles. The van der Waals surface area contributed by atoms with Crippen molar-refractivity contribution in [2.45, 2.75) is 25.9 Å². The molecule has 6 heteroatoms. The van der Waals surface area contributed by atoms with Crippen molar-refractivity contribution in [3.63, 3.8) is 0 Å². The summed E-state index contributed by atoms with van der Waals surface area (Å²) in [5, 5.41) is 14.2. The minimum Gasteiger partial charge on any atom is -0.480 e. The molecule has 0 bridgehead atoms. The molecule has 0 fully saturated rings. The van der Waals surface area contributed by atoms with Crippen LogP contribution in [0.1, 0.15) is 17.5 Å². The summed E-state index contributed by atoms with van der Waals surface area (Å²) in [7, 11) is 0. The number of aryl methyl sites for hydroxylation is 1. The Balaban J connectivity index is 2.43. The Bertz CT molecular complexity index is 465. The number of amides is 2. The van der Waals surface area contributed by atoms with Crippen LogP contribution < -0.4 is 10.6 Å². The lowest BCUT2D eigenvalue weighted by molar-refractivity contribution is -0.139. The standard InChI is InChI=1S/C14H20N2O3S/c1-10-4-3-5-11(8-10)9-15-14(19)16-12(13(17)18)6-7-20-2/h3-5,8,12H,6-7,9H2,1-2H3,(H,17,18)(H2,15,16,19)/t12-/m1/s1. The molecule has 0 radical (unpaired) electrons. The second-order valence-electron chi connectivity index (χ2n) is 4.49. The zero-order valence-electron chi connectivity index (χ0n) is 11.7. The van der Waals surface area contributed by atoms with E-state index in [2.05, 4.69) is 10.6 Å². The van der Waals surface area contributed by atoms with Crippen LogP contribution in [0, 0.1) is 6.92 Å². The number of rotatable bonds is 7. The van der Waals surface area contributed by atoms with E-state index in [9.17, 15) is 9.59 Å². The number of hydrogen-bond donors (Lipinski definition) is 3. The highest BCUT2D eigenvalue weighted by Crippen LogP contribution is 2.04. The van der Waals surface area contributed by atoms with Crippen molar-refractivity contribution in [3.05, 3.63) is 35.4 Å². The molecule has 5 nitrogen and oxygen atoms in total. The zero-order chi connectivity index (χ0) is 15.0. The Hall–Kier alpha value is -1.69. The van der Waals surface area contributed by atoms with Crippen molar-refractivity contribution >= 4 is 23.8 Å². The molecule has 3 N–H and O–H groups in total. The summed E-state index contributed by atoms with van der Waals surface area (Å²) in [4.78, 5) is 22.7. The van der Waals surface area contributed by atoms with E-state index in [-0.39, 0.29) is 0 Å². The van der Waals surface area contributed by atoms with Crippen LogP contribution in [0.5, 0.6) is 0 Å². The maximum absolute atomic E-state index is 11.7. The Kier molecular flexibility index (Phi) is 6.93. The van der Waals surface area contributed by atoms with E-state index < -0.39 is 18.0 Å². The molecule has 0 heterocycles. The van der Waals surface area contributed by atoms with Crippen molar-refractivity contribution in [3.8, 4) is 0 Å². The van der Waals surface area contributed by atoms with Gasteiger partial charge in [0.25, 0.3) is 0 Å². The first-order chi connectivity index (χ1) is 9.52. The van der Waals surface area contributed by atoms with Crippen molar-refractivity contribution in [2.24, 2.45) is 0 Å². The van der Waals surface area contributed by atoms with Crippen molar-refractivity contribution in [1.29, 1.82) is 0 Å². The van der Waals surface area contributed by atoms with Crippen LogP contribution in [0.15, 0.2) is 24.3 Å². The fourth-order valence-electron chi connectivity index (χ4n) is 1.71. The molecule has 0 aliphatic heterocycles. The molecule has 20 heavy (non-hydrogen) atoms. The average molecular weight is 296 g/mol. The van der Waals surface area contributed by atoms with E-state index in [0.717, 1.165) is 11.1 Å². The second kappa shape index (κ2) is 8.47. The lowest BCUT2D eigenvalue weighted by Gasteiger charge is -2.14. The lowest BCUT2D eigenvalue weighted by Crippen LogP contribution is -2.46. The summed E-state index contributed by atoms with van der Waals surface area (Å²) in [6.45, 7) is 2.36. The maximum Gasteiger partial charge on any atom is 0.326 e. The predicted octanol–water partition coefficient (Wildman–Crippen LogP) is 2.00. The molecular formula is C14H20N2O3S. The first-order valence-corrected chi connectivity index (χ1v) is 7.74. The van der Waals surface area contributed by atoms with E-state index in [1.165, 1.54) is 0 Å². The van der Waals surface area contributed by atoms with Crippen LogP contribution in [0.4, 0.5) is 4.79 Å². The highest BCUT2D eigenvalue weighted by atomic mass is 32.2. The van der Waals surface area contributed by atoms with Crippen LogP contribution in [-0.4, -0.2) is 35.2 Å². The summed E-state index contributed by atoms with van der Waals surface area (Å²) < 4.78 is 0. The largest absolute Gasteiger partial charge is 0.480 e. The molecule has 0 unspecified atom stereocenters. The van der Waals surface area contributed by atoms with E-state index >= 15 is 0 Å². The number of benzene rings is 1. The second-order valence-corrected chi connectivity index (χ2v) is 5.47. The summed E-state index contributed by atoms with van der Waals surface area (Å²) in [6.07, 6.45) is 2.31. The number of nitrogens with one attached hydrogen (secondary N) is 2. The number of carboxylic acids is 1. The number of thioether (sulfide) groups is 1. The molecule has 0 aliphatic carbocycles. The maximum atomic E-state index is 11.7. The van der Waals surface area contributed by atoms with Crippen molar-refractivity contribution in [2.75, 3.05) is 12.0 Å². The zero-order valence-corrected chi connectivity index (χ0v) is 12.5. The van der Waals surface area contributed by atoms with Gasteiger partial charge >= 0.3 is 12.0 Å². The SMILES string of the molecule is CSCC[C@@H](NC(=O)NCc1cccc(C)c1)C(=O)O. The third-order valence-corrected chi connectivity index (χ3v) is 3.39. The molecule has 1 rings (SSSR count). The lowest BCUT2D eigenvalue weighted by atomic mass is 10.1. The van der Waals surface area contributed by atoms with Crippen LogP contribution in [0.3, 0.4) is 0 Å². The van der Waals surface area contributed by atoms with Crippen LogP contribution in [-0.2, 0) is 11.3 Å². The van der Waals surface area contributed by atoms with E-state index in [1.54, 1.807) is 11.8 Å². The molecule has 1 atom stereocenters. The average Bonchev–Trinajstić information content (AvgIpc) is 2.41. The Labute approximate surface area is 123 Å². The number of urea groups is 1. The van der Waals surface area contributed by atoms with Gasteiger partial charge in [0.15, 0.2) is 0 Å². The van der Waals surface area contributed by atoms with E-state index in [0.29, 0.717) is 18.7 Å². The molecule has 110 valence electrons. The minimum absolute atomic E-state index is 0.377. The Morgan fingerprint density at radius 1 is 1.40 bits per heavy atom. The van der Waals surface area contributed by atoms with Gasteiger partial charge in [-0.2, -0.15) is 11.8 Å². The predicted molar refractivity (Wildman–Crippen MR) is 81.0 cm³/mol. The van der Waals surface area contributed by atoms with Gasteiger partial charge in [-0.1, -0.05) is 29.8 Å². The van der Waals surface area contributed by atoms with Crippen molar-refractivity contribution < 1.29 is 14.7 Å². The summed E-state index contributed by atoms with van der Waals surface area (Å²) >= 11 is 1.55. The molecule has 0 aromatic heterocycles. The molecular weight excluding hydrogens is 276 g/mol. The van der Waals surface area contributed by atoms with Gasteiger partial charge in [-0.25, -0.2) is 9.59 Å². The van der Waals surface area contributed by atoms with Gasteiger partial charge < -0.3 is 15.7 Å². The molecule has 0 spiro atoms. The van der Waals surface area contributed by atoms with Gasteiger partial charge in [-0.3, -0.25) is 0 Å². The van der Waals surface area contributed by atoms with Crippen molar-refractivity contribution in [1.82, 2.24) is 10.6 Å². The summed E-state index contributed by atoms with van der Waals surface area (Å²) in [6, 6.07) is 6.48. The third-order valence-electron chi connectivity index (χ3n) is 2.75.